The van der Waals surface area contributed by atoms with Crippen LogP contribution >= 0.6 is 34.4 Å². The molecule has 4 heterocycles. The van der Waals surface area contributed by atoms with E-state index in [0.29, 0.717) is 42.4 Å². The molecule has 0 atom stereocenters. The Morgan fingerprint density at radius 2 is 1.87 bits per heavy atom. The van der Waals surface area contributed by atoms with Gasteiger partial charge in [0.15, 0.2) is 11.5 Å². The summed E-state index contributed by atoms with van der Waals surface area (Å²) in [6.45, 7) is 1.49. The Kier molecular flexibility index (Phi) is 5.92. The number of benzene rings is 1. The summed E-state index contributed by atoms with van der Waals surface area (Å²) in [6.07, 6.45) is 0. The molecule has 1 aromatic carbocycles. The lowest BCUT2D eigenvalue weighted by atomic mass is 10.2. The monoisotopic (exact) mass is 471 g/mol. The largest absolute Gasteiger partial charge is 0.486 e. The predicted octanol–water partition coefficient (Wildman–Crippen LogP) is 4.96. The first-order valence-electron chi connectivity index (χ1n) is 9.49. The Morgan fingerprint density at radius 1 is 1.03 bits per heavy atom. The lowest BCUT2D eigenvalue weighted by Gasteiger charge is -2.25. The molecule has 3 aromatic heterocycles. The second kappa shape index (κ2) is 9.13. The molecule has 5 rings (SSSR count). The molecule has 7 nitrogen and oxygen atoms in total. The average Bonchev–Trinajstić information content (AvgIpc) is 3.58. The van der Waals surface area contributed by atoms with Gasteiger partial charge in [-0.15, -0.1) is 32.9 Å². The summed E-state index contributed by atoms with van der Waals surface area (Å²) in [6, 6.07) is 13.4. The van der Waals surface area contributed by atoms with E-state index in [0.717, 1.165) is 15.4 Å². The third kappa shape index (κ3) is 4.60. The van der Waals surface area contributed by atoms with Gasteiger partial charge in [-0.3, -0.25) is 4.79 Å². The van der Waals surface area contributed by atoms with Crippen molar-refractivity contribution in [1.29, 1.82) is 0 Å². The Morgan fingerprint density at radius 3 is 2.68 bits per heavy atom. The molecule has 0 radical (unpaired) electrons. The summed E-state index contributed by atoms with van der Waals surface area (Å²) < 4.78 is 17.0. The normalized spacial score (nSPS) is 12.6. The van der Waals surface area contributed by atoms with Crippen LogP contribution < -0.4 is 14.4 Å². The van der Waals surface area contributed by atoms with E-state index in [1.54, 1.807) is 16.2 Å². The topological polar surface area (TPSA) is 77.7 Å². The number of thioether (sulfide) groups is 1. The summed E-state index contributed by atoms with van der Waals surface area (Å²) in [7, 11) is 0. The minimum absolute atomic E-state index is 0.0639. The minimum Gasteiger partial charge on any atom is -0.486 e. The van der Waals surface area contributed by atoms with Crippen LogP contribution in [0.25, 0.3) is 10.8 Å². The van der Waals surface area contributed by atoms with Gasteiger partial charge in [-0.05, 0) is 35.0 Å². The number of thiophene rings is 2. The summed E-state index contributed by atoms with van der Waals surface area (Å²) in [5.74, 6) is 1.92. The van der Waals surface area contributed by atoms with Crippen molar-refractivity contribution >= 4 is 46.0 Å². The van der Waals surface area contributed by atoms with Crippen LogP contribution in [-0.2, 0) is 11.3 Å². The number of hydrogen-bond acceptors (Lipinski definition) is 9. The van der Waals surface area contributed by atoms with E-state index in [9.17, 15) is 4.79 Å². The molecule has 0 aliphatic carbocycles. The molecule has 158 valence electrons. The van der Waals surface area contributed by atoms with Gasteiger partial charge in [0, 0.05) is 16.6 Å². The standard InChI is InChI=1S/C21H17N3O4S3/c25-19(13-31-21-23-22-20(28-21)18-4-2-10-30-18)24(12-15-3-1-9-29-15)14-5-6-16-17(11-14)27-8-7-26-16/h1-6,9-11H,7-8,12-13H2. The predicted molar refractivity (Wildman–Crippen MR) is 121 cm³/mol. The number of rotatable bonds is 7. The fraction of sp³-hybridized carbons (Fsp3) is 0.190. The van der Waals surface area contributed by atoms with E-state index in [1.807, 2.05) is 53.2 Å². The molecule has 0 saturated carbocycles. The van der Waals surface area contributed by atoms with Gasteiger partial charge in [-0.2, -0.15) is 0 Å². The maximum absolute atomic E-state index is 13.2. The van der Waals surface area contributed by atoms with E-state index in [2.05, 4.69) is 10.2 Å². The number of hydrogen-bond donors (Lipinski definition) is 0. The second-order valence-electron chi connectivity index (χ2n) is 6.53. The molecule has 0 saturated heterocycles. The van der Waals surface area contributed by atoms with Gasteiger partial charge >= 0.3 is 0 Å². The first-order valence-corrected chi connectivity index (χ1v) is 12.2. The highest BCUT2D eigenvalue weighted by Crippen LogP contribution is 2.35. The Labute approximate surface area is 190 Å². The van der Waals surface area contributed by atoms with Gasteiger partial charge in [-0.25, -0.2) is 0 Å². The third-order valence-corrected chi connectivity index (χ3v) is 7.01. The van der Waals surface area contributed by atoms with Crippen molar-refractivity contribution in [2.45, 2.75) is 11.8 Å². The Balaban J connectivity index is 1.33. The van der Waals surface area contributed by atoms with Gasteiger partial charge in [0.05, 0.1) is 17.2 Å². The molecule has 1 amide bonds. The molecule has 0 fully saturated rings. The Bertz CT molecular complexity index is 1160. The zero-order chi connectivity index (χ0) is 21.0. The SMILES string of the molecule is O=C(CSc1nnc(-c2cccs2)o1)N(Cc1cccs1)c1ccc2c(c1)OCCO2. The zero-order valence-corrected chi connectivity index (χ0v) is 18.7. The number of anilines is 1. The number of amides is 1. The van der Waals surface area contributed by atoms with Gasteiger partial charge in [0.2, 0.25) is 5.91 Å². The van der Waals surface area contributed by atoms with Crippen molar-refractivity contribution in [3.63, 3.8) is 0 Å². The minimum atomic E-state index is -0.0639. The molecule has 1 aliphatic rings. The molecule has 0 spiro atoms. The fourth-order valence-electron chi connectivity index (χ4n) is 3.05. The molecule has 0 bridgehead atoms. The van der Waals surface area contributed by atoms with Crippen molar-refractivity contribution < 1.29 is 18.7 Å². The van der Waals surface area contributed by atoms with Crippen LogP contribution in [0.15, 0.2) is 62.9 Å². The van der Waals surface area contributed by atoms with Crippen LogP contribution in [0.1, 0.15) is 4.88 Å². The second-order valence-corrected chi connectivity index (χ2v) is 9.43. The van der Waals surface area contributed by atoms with Crippen molar-refractivity contribution in [3.05, 3.63) is 58.1 Å². The molecule has 0 N–H and O–H groups in total. The van der Waals surface area contributed by atoms with Crippen LogP contribution in [0, 0.1) is 0 Å². The maximum Gasteiger partial charge on any atom is 0.277 e. The molecular formula is C21H17N3O4S3. The zero-order valence-electron chi connectivity index (χ0n) is 16.2. The van der Waals surface area contributed by atoms with Crippen molar-refractivity contribution in [1.82, 2.24) is 10.2 Å². The van der Waals surface area contributed by atoms with Gasteiger partial charge in [-0.1, -0.05) is 23.9 Å². The summed E-state index contributed by atoms with van der Waals surface area (Å²) in [5.41, 5.74) is 0.757. The third-order valence-electron chi connectivity index (χ3n) is 4.49. The molecule has 4 aromatic rings. The average molecular weight is 472 g/mol. The number of fused-ring (bicyclic) bond motifs is 1. The van der Waals surface area contributed by atoms with Crippen LogP contribution in [0.3, 0.4) is 0 Å². The van der Waals surface area contributed by atoms with E-state index in [-0.39, 0.29) is 11.7 Å². The van der Waals surface area contributed by atoms with Crippen molar-refractivity contribution in [3.8, 4) is 22.3 Å². The summed E-state index contributed by atoms with van der Waals surface area (Å²) >= 11 is 4.37. The first kappa shape index (κ1) is 20.1. The lowest BCUT2D eigenvalue weighted by molar-refractivity contribution is -0.116. The highest BCUT2D eigenvalue weighted by atomic mass is 32.2. The number of carbonyl (C=O) groups excluding carboxylic acids is 1. The van der Waals surface area contributed by atoms with Gasteiger partial charge in [0.1, 0.15) is 13.2 Å². The quantitative estimate of drug-likeness (QED) is 0.353. The van der Waals surface area contributed by atoms with E-state index in [1.165, 1.54) is 23.1 Å². The Hall–Kier alpha value is -2.82. The van der Waals surface area contributed by atoms with Gasteiger partial charge < -0.3 is 18.8 Å². The summed E-state index contributed by atoms with van der Waals surface area (Å²) in [4.78, 5) is 16.9. The number of ether oxygens (including phenoxy) is 2. The summed E-state index contributed by atoms with van der Waals surface area (Å²) in [5, 5.41) is 12.4. The van der Waals surface area contributed by atoms with E-state index in [4.69, 9.17) is 13.9 Å². The lowest BCUT2D eigenvalue weighted by Crippen LogP contribution is -2.31. The molecular weight excluding hydrogens is 454 g/mol. The number of carbonyl (C=O) groups is 1. The highest BCUT2D eigenvalue weighted by Gasteiger charge is 2.21. The first-order chi connectivity index (χ1) is 15.3. The molecule has 1 aliphatic heterocycles. The van der Waals surface area contributed by atoms with E-state index < -0.39 is 0 Å². The van der Waals surface area contributed by atoms with Crippen molar-refractivity contribution in [2.75, 3.05) is 23.9 Å². The number of nitrogens with zero attached hydrogens (tertiary/aromatic N) is 3. The smallest absolute Gasteiger partial charge is 0.277 e. The van der Waals surface area contributed by atoms with E-state index >= 15 is 0 Å². The van der Waals surface area contributed by atoms with Crippen LogP contribution in [0.4, 0.5) is 5.69 Å². The molecule has 10 heteroatoms. The fourth-order valence-corrected chi connectivity index (χ4v) is 5.03. The highest BCUT2D eigenvalue weighted by molar-refractivity contribution is 7.99. The maximum atomic E-state index is 13.2. The number of aromatic nitrogens is 2. The van der Waals surface area contributed by atoms with Crippen molar-refractivity contribution in [2.24, 2.45) is 0 Å². The van der Waals surface area contributed by atoms with Crippen LogP contribution in [0.2, 0.25) is 0 Å². The molecule has 0 unspecified atom stereocenters. The van der Waals surface area contributed by atoms with Gasteiger partial charge in [0.25, 0.3) is 11.1 Å². The van der Waals surface area contributed by atoms with Crippen LogP contribution in [-0.4, -0.2) is 35.1 Å². The van der Waals surface area contributed by atoms with Crippen LogP contribution in [0.5, 0.6) is 11.5 Å². The molecule has 31 heavy (non-hydrogen) atoms.